The second-order valence-corrected chi connectivity index (χ2v) is 11.0. The van der Waals surface area contributed by atoms with Gasteiger partial charge >= 0.3 is 0 Å². The first-order chi connectivity index (χ1) is 7.13. The van der Waals surface area contributed by atoms with Gasteiger partial charge in [0, 0.05) is 5.02 Å². The van der Waals surface area contributed by atoms with Gasteiger partial charge in [-0.3, -0.25) is 0 Å². The average Bonchev–Trinajstić information content (AvgIpc) is 2.09. The molecular formula is C12H18Cl2OSi. The molecule has 0 N–H and O–H groups in total. The van der Waals surface area contributed by atoms with E-state index < -0.39 is 8.32 Å². The van der Waals surface area contributed by atoms with Crippen LogP contribution in [-0.2, 0) is 0 Å². The van der Waals surface area contributed by atoms with E-state index in [1.165, 1.54) is 0 Å². The molecule has 0 aliphatic heterocycles. The van der Waals surface area contributed by atoms with Crippen LogP contribution in [0.4, 0.5) is 0 Å². The second kappa shape index (κ2) is 4.59. The summed E-state index contributed by atoms with van der Waals surface area (Å²) in [6.07, 6.45) is 0. The lowest BCUT2D eigenvalue weighted by molar-refractivity contribution is 0.492. The molecule has 0 bridgehead atoms. The zero-order chi connectivity index (χ0) is 12.6. The van der Waals surface area contributed by atoms with Crippen LogP contribution >= 0.6 is 23.2 Å². The Hall–Kier alpha value is -0.183. The largest absolute Gasteiger partial charge is 0.542 e. The van der Waals surface area contributed by atoms with Gasteiger partial charge in [0.25, 0.3) is 8.32 Å². The fourth-order valence-electron chi connectivity index (χ4n) is 0.983. The maximum atomic E-state index is 6.10. The van der Waals surface area contributed by atoms with E-state index in [1.54, 1.807) is 18.2 Å². The summed E-state index contributed by atoms with van der Waals surface area (Å²) in [5, 5.41) is 1.42. The van der Waals surface area contributed by atoms with Gasteiger partial charge in [-0.1, -0.05) is 44.0 Å². The summed E-state index contributed by atoms with van der Waals surface area (Å²) in [4.78, 5) is 0. The summed E-state index contributed by atoms with van der Waals surface area (Å²) in [7, 11) is -1.84. The lowest BCUT2D eigenvalue weighted by Crippen LogP contribution is -2.43. The maximum Gasteiger partial charge on any atom is 0.250 e. The minimum atomic E-state index is -1.84. The van der Waals surface area contributed by atoms with E-state index in [1.807, 2.05) is 0 Å². The van der Waals surface area contributed by atoms with Crippen LogP contribution in [-0.4, -0.2) is 8.32 Å². The van der Waals surface area contributed by atoms with Crippen molar-refractivity contribution < 1.29 is 4.43 Å². The Kier molecular flexibility index (Phi) is 3.98. The molecule has 0 saturated carbocycles. The highest BCUT2D eigenvalue weighted by Gasteiger charge is 2.39. The van der Waals surface area contributed by atoms with Crippen molar-refractivity contribution in [3.8, 4) is 5.75 Å². The van der Waals surface area contributed by atoms with Crippen molar-refractivity contribution in [2.45, 2.75) is 38.9 Å². The van der Waals surface area contributed by atoms with Crippen LogP contribution in [0.5, 0.6) is 5.75 Å². The molecule has 0 atom stereocenters. The molecule has 0 spiro atoms. The first kappa shape index (κ1) is 13.9. The minimum Gasteiger partial charge on any atom is -0.542 e. The van der Waals surface area contributed by atoms with Crippen molar-refractivity contribution in [3.05, 3.63) is 28.2 Å². The number of hydrogen-bond donors (Lipinski definition) is 0. The maximum absolute atomic E-state index is 6.10. The van der Waals surface area contributed by atoms with Gasteiger partial charge in [-0.15, -0.1) is 0 Å². The topological polar surface area (TPSA) is 9.23 Å². The Morgan fingerprint density at radius 3 is 2.19 bits per heavy atom. The van der Waals surface area contributed by atoms with E-state index in [-0.39, 0.29) is 5.04 Å². The normalized spacial score (nSPS) is 12.7. The average molecular weight is 277 g/mol. The van der Waals surface area contributed by atoms with Crippen molar-refractivity contribution >= 4 is 31.5 Å². The summed E-state index contributed by atoms with van der Waals surface area (Å²) in [6.45, 7) is 10.9. The van der Waals surface area contributed by atoms with Crippen LogP contribution in [0.25, 0.3) is 0 Å². The van der Waals surface area contributed by atoms with Gasteiger partial charge in [0.05, 0.1) is 5.02 Å². The predicted octanol–water partition coefficient (Wildman–Crippen LogP) is 5.38. The van der Waals surface area contributed by atoms with Gasteiger partial charge in [0.15, 0.2) is 0 Å². The van der Waals surface area contributed by atoms with Gasteiger partial charge in [0.1, 0.15) is 5.75 Å². The molecule has 0 aromatic heterocycles. The molecule has 0 heterocycles. The van der Waals surface area contributed by atoms with Crippen LogP contribution in [0.3, 0.4) is 0 Å². The molecule has 0 amide bonds. The van der Waals surface area contributed by atoms with Crippen LogP contribution in [0, 0.1) is 0 Å². The third-order valence-corrected chi connectivity index (χ3v) is 7.95. The second-order valence-electron chi connectivity index (χ2n) is 5.44. The molecule has 0 radical (unpaired) electrons. The number of rotatable bonds is 2. The lowest BCUT2D eigenvalue weighted by Gasteiger charge is -2.36. The molecule has 1 aromatic carbocycles. The Morgan fingerprint density at radius 2 is 1.69 bits per heavy atom. The van der Waals surface area contributed by atoms with Crippen molar-refractivity contribution in [2.75, 3.05) is 0 Å². The zero-order valence-electron chi connectivity index (χ0n) is 10.4. The Labute approximate surface area is 109 Å². The Morgan fingerprint density at radius 1 is 1.12 bits per heavy atom. The molecule has 1 aromatic rings. The van der Waals surface area contributed by atoms with Gasteiger partial charge in [-0.25, -0.2) is 0 Å². The first-order valence-corrected chi connectivity index (χ1v) is 8.94. The summed E-state index contributed by atoms with van der Waals surface area (Å²) in [5.74, 6) is 0.695. The van der Waals surface area contributed by atoms with Crippen LogP contribution in [0.1, 0.15) is 20.8 Å². The van der Waals surface area contributed by atoms with E-state index in [0.717, 1.165) is 0 Å². The fraction of sp³-hybridized carbons (Fsp3) is 0.500. The van der Waals surface area contributed by atoms with E-state index in [9.17, 15) is 0 Å². The highest BCUT2D eigenvalue weighted by Crippen LogP contribution is 2.39. The van der Waals surface area contributed by atoms with Crippen molar-refractivity contribution in [1.29, 1.82) is 0 Å². The van der Waals surface area contributed by atoms with Crippen molar-refractivity contribution in [3.63, 3.8) is 0 Å². The molecule has 4 heteroatoms. The van der Waals surface area contributed by atoms with Crippen LogP contribution < -0.4 is 4.43 Å². The Bertz CT molecular complexity index is 383. The molecule has 0 aliphatic carbocycles. The quantitative estimate of drug-likeness (QED) is 0.660. The minimum absolute atomic E-state index is 0.151. The molecule has 1 rings (SSSR count). The van der Waals surface area contributed by atoms with Crippen molar-refractivity contribution in [2.24, 2.45) is 0 Å². The molecule has 16 heavy (non-hydrogen) atoms. The molecular weight excluding hydrogens is 259 g/mol. The molecule has 1 nitrogen and oxygen atoms in total. The van der Waals surface area contributed by atoms with Gasteiger partial charge in [-0.2, -0.15) is 0 Å². The number of halogens is 2. The highest BCUT2D eigenvalue weighted by molar-refractivity contribution is 6.74. The third kappa shape index (κ3) is 3.16. The summed E-state index contributed by atoms with van der Waals surface area (Å²) in [5.41, 5.74) is 0. The van der Waals surface area contributed by atoms with Gasteiger partial charge < -0.3 is 4.43 Å². The molecule has 0 aliphatic rings. The fourth-order valence-corrected chi connectivity index (χ4v) is 2.39. The predicted molar refractivity (Wildman–Crippen MR) is 74.3 cm³/mol. The lowest BCUT2D eigenvalue weighted by atomic mass is 10.2. The molecule has 0 saturated heterocycles. The van der Waals surface area contributed by atoms with E-state index in [2.05, 4.69) is 33.9 Å². The van der Waals surface area contributed by atoms with Crippen LogP contribution in [0.2, 0.25) is 28.2 Å². The number of benzene rings is 1. The molecule has 0 fully saturated rings. The van der Waals surface area contributed by atoms with Crippen molar-refractivity contribution in [1.82, 2.24) is 0 Å². The highest BCUT2D eigenvalue weighted by atomic mass is 35.5. The van der Waals surface area contributed by atoms with E-state index in [4.69, 9.17) is 27.6 Å². The van der Waals surface area contributed by atoms with Crippen LogP contribution in [0.15, 0.2) is 18.2 Å². The van der Waals surface area contributed by atoms with E-state index >= 15 is 0 Å². The van der Waals surface area contributed by atoms with Gasteiger partial charge in [0.2, 0.25) is 0 Å². The first-order valence-electron chi connectivity index (χ1n) is 5.27. The van der Waals surface area contributed by atoms with Gasteiger partial charge in [-0.05, 0) is 36.3 Å². The summed E-state index contributed by atoms with van der Waals surface area (Å²) >= 11 is 12.0. The molecule has 90 valence electrons. The van der Waals surface area contributed by atoms with E-state index in [0.29, 0.717) is 15.8 Å². The smallest absolute Gasteiger partial charge is 0.250 e. The molecule has 0 unspecified atom stereocenters. The SMILES string of the molecule is CC(C)(C)[Si](C)(C)Oc1cc(Cl)ccc1Cl. The standard InChI is InChI=1S/C12H18Cl2OSi/c1-12(2,3)16(4,5)15-11-8-9(13)6-7-10(11)14/h6-8H,1-5H3. The summed E-state index contributed by atoms with van der Waals surface area (Å²) < 4.78 is 6.10. The monoisotopic (exact) mass is 276 g/mol. The number of hydrogen-bond acceptors (Lipinski definition) is 1. The Balaban J connectivity index is 3.01. The summed E-state index contributed by atoms with van der Waals surface area (Å²) in [6, 6.07) is 5.32. The third-order valence-electron chi connectivity index (χ3n) is 3.06. The zero-order valence-corrected chi connectivity index (χ0v) is 12.9.